The average Bonchev–Trinajstić information content (AvgIpc) is 3.21. The quantitative estimate of drug-likeness (QED) is 0.633. The normalized spacial score (nSPS) is 15.8. The molecule has 6 heteroatoms. The second-order valence-electron chi connectivity index (χ2n) is 7.32. The van der Waals surface area contributed by atoms with Gasteiger partial charge in [0.1, 0.15) is 5.75 Å². The lowest BCUT2D eigenvalue weighted by Crippen LogP contribution is -2.38. The topological polar surface area (TPSA) is 58.6 Å². The first-order valence-corrected chi connectivity index (χ1v) is 10.9. The number of rotatable bonds is 6. The molecule has 2 aromatic carbocycles. The van der Waals surface area contributed by atoms with E-state index in [-0.39, 0.29) is 11.8 Å². The Morgan fingerprint density at radius 1 is 1.17 bits per heavy atom. The standard InChI is InChI=1S/C24H24N2O3S/c1-2-21-24(28)26(15-17-7-4-3-5-8-17)16-18-13-19(10-11-22(18)29-21)25-23(27)14-20-9-6-12-30-20/h3-13,21H,2,14-16H2,1H3,(H,25,27). The molecule has 1 aliphatic rings. The van der Waals surface area contributed by atoms with Crippen molar-refractivity contribution in [2.24, 2.45) is 0 Å². The van der Waals surface area contributed by atoms with Crippen LogP contribution in [0.3, 0.4) is 0 Å². The summed E-state index contributed by atoms with van der Waals surface area (Å²) in [6.07, 6.45) is 0.444. The molecule has 1 N–H and O–H groups in total. The van der Waals surface area contributed by atoms with E-state index in [0.717, 1.165) is 16.0 Å². The molecule has 1 atom stereocenters. The Hall–Kier alpha value is -3.12. The number of amides is 2. The van der Waals surface area contributed by atoms with Crippen molar-refractivity contribution >= 4 is 28.8 Å². The summed E-state index contributed by atoms with van der Waals surface area (Å²) in [6.45, 7) is 2.91. The highest BCUT2D eigenvalue weighted by molar-refractivity contribution is 7.10. The van der Waals surface area contributed by atoms with Gasteiger partial charge in [-0.2, -0.15) is 0 Å². The van der Waals surface area contributed by atoms with Crippen LogP contribution in [0.5, 0.6) is 5.75 Å². The van der Waals surface area contributed by atoms with Crippen molar-refractivity contribution < 1.29 is 14.3 Å². The molecule has 0 radical (unpaired) electrons. The van der Waals surface area contributed by atoms with Crippen LogP contribution < -0.4 is 10.1 Å². The zero-order valence-corrected chi connectivity index (χ0v) is 17.7. The van der Waals surface area contributed by atoms with Gasteiger partial charge in [-0.25, -0.2) is 0 Å². The highest BCUT2D eigenvalue weighted by Crippen LogP contribution is 2.30. The van der Waals surface area contributed by atoms with Crippen LogP contribution in [0.2, 0.25) is 0 Å². The molecule has 5 nitrogen and oxygen atoms in total. The molecule has 0 saturated heterocycles. The number of carbonyl (C=O) groups is 2. The van der Waals surface area contributed by atoms with Gasteiger partial charge in [0.15, 0.2) is 6.10 Å². The van der Waals surface area contributed by atoms with E-state index >= 15 is 0 Å². The Morgan fingerprint density at radius 2 is 2.00 bits per heavy atom. The van der Waals surface area contributed by atoms with Crippen LogP contribution in [-0.4, -0.2) is 22.8 Å². The van der Waals surface area contributed by atoms with Crippen LogP contribution in [0, 0.1) is 0 Å². The van der Waals surface area contributed by atoms with Crippen molar-refractivity contribution in [1.29, 1.82) is 0 Å². The first-order chi connectivity index (χ1) is 14.6. The van der Waals surface area contributed by atoms with E-state index in [1.807, 2.05) is 77.9 Å². The highest BCUT2D eigenvalue weighted by Gasteiger charge is 2.30. The zero-order valence-electron chi connectivity index (χ0n) is 16.8. The first-order valence-electron chi connectivity index (χ1n) is 10.1. The molecule has 0 fully saturated rings. The number of hydrogen-bond donors (Lipinski definition) is 1. The minimum atomic E-state index is -0.505. The van der Waals surface area contributed by atoms with Crippen molar-refractivity contribution in [3.8, 4) is 5.75 Å². The summed E-state index contributed by atoms with van der Waals surface area (Å²) in [7, 11) is 0. The third-order valence-electron chi connectivity index (χ3n) is 5.06. The van der Waals surface area contributed by atoms with Gasteiger partial charge in [0.25, 0.3) is 5.91 Å². The monoisotopic (exact) mass is 420 g/mol. The number of nitrogens with zero attached hydrogens (tertiary/aromatic N) is 1. The van der Waals surface area contributed by atoms with Crippen LogP contribution in [0.15, 0.2) is 66.0 Å². The number of ether oxygens (including phenoxy) is 1. The van der Waals surface area contributed by atoms with E-state index in [4.69, 9.17) is 4.74 Å². The summed E-state index contributed by atoms with van der Waals surface area (Å²) >= 11 is 1.57. The minimum absolute atomic E-state index is 0.0131. The summed E-state index contributed by atoms with van der Waals surface area (Å²) < 4.78 is 6.03. The number of thiophene rings is 1. The molecular weight excluding hydrogens is 396 g/mol. The fourth-order valence-electron chi connectivity index (χ4n) is 3.56. The van der Waals surface area contributed by atoms with E-state index in [2.05, 4.69) is 5.32 Å². The largest absolute Gasteiger partial charge is 0.480 e. The fourth-order valence-corrected chi connectivity index (χ4v) is 4.26. The van der Waals surface area contributed by atoms with Gasteiger partial charge in [-0.05, 0) is 41.6 Å². The van der Waals surface area contributed by atoms with Crippen molar-refractivity contribution in [3.05, 3.63) is 82.0 Å². The smallest absolute Gasteiger partial charge is 0.264 e. The number of carbonyl (C=O) groups excluding carboxylic acids is 2. The number of anilines is 1. The summed E-state index contributed by atoms with van der Waals surface area (Å²) in [4.78, 5) is 28.2. The summed E-state index contributed by atoms with van der Waals surface area (Å²) in [6, 6.07) is 19.4. The van der Waals surface area contributed by atoms with Gasteiger partial charge in [0.2, 0.25) is 5.91 Å². The fraction of sp³-hybridized carbons (Fsp3) is 0.250. The molecule has 0 spiro atoms. The molecule has 1 aromatic heterocycles. The lowest BCUT2D eigenvalue weighted by atomic mass is 10.1. The maximum absolute atomic E-state index is 13.0. The molecule has 2 amide bonds. The Balaban J connectivity index is 1.54. The number of benzene rings is 2. The predicted octanol–water partition coefficient (Wildman–Crippen LogP) is 4.63. The molecule has 0 aliphatic carbocycles. The molecular formula is C24H24N2O3S. The van der Waals surface area contributed by atoms with Gasteiger partial charge in [-0.3, -0.25) is 9.59 Å². The Bertz CT molecular complexity index is 1020. The minimum Gasteiger partial charge on any atom is -0.480 e. The molecule has 1 aliphatic heterocycles. The second-order valence-corrected chi connectivity index (χ2v) is 8.35. The first kappa shape index (κ1) is 20.2. The number of fused-ring (bicyclic) bond motifs is 1. The summed E-state index contributed by atoms with van der Waals surface area (Å²) in [5.41, 5.74) is 2.68. The summed E-state index contributed by atoms with van der Waals surface area (Å²) in [5.74, 6) is 0.624. The van der Waals surface area contributed by atoms with E-state index in [0.29, 0.717) is 37.4 Å². The van der Waals surface area contributed by atoms with Gasteiger partial charge >= 0.3 is 0 Å². The van der Waals surface area contributed by atoms with Crippen molar-refractivity contribution in [2.45, 2.75) is 39.0 Å². The predicted molar refractivity (Wildman–Crippen MR) is 118 cm³/mol. The van der Waals surface area contributed by atoms with Crippen molar-refractivity contribution in [1.82, 2.24) is 4.90 Å². The molecule has 4 rings (SSSR count). The molecule has 0 bridgehead atoms. The van der Waals surface area contributed by atoms with E-state index < -0.39 is 6.10 Å². The molecule has 0 saturated carbocycles. The van der Waals surface area contributed by atoms with E-state index in [1.165, 1.54) is 0 Å². The maximum Gasteiger partial charge on any atom is 0.264 e. The number of nitrogens with one attached hydrogen (secondary N) is 1. The van der Waals surface area contributed by atoms with Crippen LogP contribution in [-0.2, 0) is 29.1 Å². The molecule has 30 heavy (non-hydrogen) atoms. The summed E-state index contributed by atoms with van der Waals surface area (Å²) in [5, 5.41) is 4.92. The van der Waals surface area contributed by atoms with Gasteiger partial charge in [0.05, 0.1) is 6.42 Å². The Labute approximate surface area is 180 Å². The average molecular weight is 421 g/mol. The van der Waals surface area contributed by atoms with Crippen molar-refractivity contribution in [2.75, 3.05) is 5.32 Å². The van der Waals surface area contributed by atoms with Crippen LogP contribution >= 0.6 is 11.3 Å². The SMILES string of the molecule is CCC1Oc2ccc(NC(=O)Cc3cccs3)cc2CN(Cc2ccccc2)C1=O. The van der Waals surface area contributed by atoms with Crippen molar-refractivity contribution in [3.63, 3.8) is 0 Å². The second kappa shape index (κ2) is 9.13. The van der Waals surface area contributed by atoms with Gasteiger partial charge in [0, 0.05) is 29.2 Å². The molecule has 1 unspecified atom stereocenters. The van der Waals surface area contributed by atoms with Crippen LogP contribution in [0.4, 0.5) is 5.69 Å². The van der Waals surface area contributed by atoms with Gasteiger partial charge in [-0.1, -0.05) is 43.3 Å². The van der Waals surface area contributed by atoms with Gasteiger partial charge < -0.3 is 15.0 Å². The Morgan fingerprint density at radius 3 is 2.73 bits per heavy atom. The third-order valence-corrected chi connectivity index (χ3v) is 5.94. The lowest BCUT2D eigenvalue weighted by molar-refractivity contribution is -0.139. The molecule has 2 heterocycles. The highest BCUT2D eigenvalue weighted by atomic mass is 32.1. The maximum atomic E-state index is 13.0. The zero-order chi connectivity index (χ0) is 20.9. The Kier molecular flexibility index (Phi) is 6.14. The van der Waals surface area contributed by atoms with Crippen LogP contribution in [0.1, 0.15) is 29.3 Å². The van der Waals surface area contributed by atoms with Crippen LogP contribution in [0.25, 0.3) is 0 Å². The lowest BCUT2D eigenvalue weighted by Gasteiger charge is -2.23. The number of hydrogen-bond acceptors (Lipinski definition) is 4. The molecule has 154 valence electrons. The molecule has 3 aromatic rings. The van der Waals surface area contributed by atoms with Gasteiger partial charge in [-0.15, -0.1) is 11.3 Å². The van der Waals surface area contributed by atoms with E-state index in [1.54, 1.807) is 11.3 Å². The third kappa shape index (κ3) is 4.71. The van der Waals surface area contributed by atoms with E-state index in [9.17, 15) is 9.59 Å².